The van der Waals surface area contributed by atoms with Gasteiger partial charge in [-0.1, -0.05) is 6.07 Å². The maximum Gasteiger partial charge on any atom is 0.253 e. The molecule has 1 aromatic carbocycles. The highest BCUT2D eigenvalue weighted by molar-refractivity contribution is 5.94. The van der Waals surface area contributed by atoms with E-state index in [0.29, 0.717) is 24.6 Å². The highest BCUT2D eigenvalue weighted by Crippen LogP contribution is 2.32. The Morgan fingerprint density at radius 3 is 2.83 bits per heavy atom. The average Bonchev–Trinajstić information content (AvgIpc) is 3.10. The third-order valence-electron chi connectivity index (χ3n) is 4.79. The second-order valence-corrected chi connectivity index (χ2v) is 6.22. The van der Waals surface area contributed by atoms with Crippen LogP contribution in [-0.4, -0.2) is 33.9 Å². The number of hydrogen-bond acceptors (Lipinski definition) is 2. The van der Waals surface area contributed by atoms with Crippen molar-refractivity contribution in [2.75, 3.05) is 13.1 Å². The lowest BCUT2D eigenvalue weighted by Gasteiger charge is -2.32. The Kier molecular flexibility index (Phi) is 3.76. The summed E-state index contributed by atoms with van der Waals surface area (Å²) in [7, 11) is 0. The molecule has 0 radical (unpaired) electrons. The number of nitrogens with one attached hydrogen (secondary N) is 1. The predicted molar refractivity (Wildman–Crippen MR) is 90.4 cm³/mol. The molecule has 1 fully saturated rings. The van der Waals surface area contributed by atoms with E-state index in [1.54, 1.807) is 12.1 Å². The summed E-state index contributed by atoms with van der Waals surface area (Å²) in [5, 5.41) is 1.16. The van der Waals surface area contributed by atoms with Crippen molar-refractivity contribution in [3.8, 4) is 0 Å². The predicted octanol–water partition coefficient (Wildman–Crippen LogP) is 3.72. The molecule has 0 saturated carbocycles. The normalized spacial score (nSPS) is 15.8. The molecule has 0 unspecified atom stereocenters. The van der Waals surface area contributed by atoms with Crippen molar-refractivity contribution in [2.24, 2.45) is 0 Å². The number of fused-ring (bicyclic) bond motifs is 1. The molecule has 0 atom stereocenters. The van der Waals surface area contributed by atoms with Crippen LogP contribution in [0.2, 0.25) is 0 Å². The molecule has 1 amide bonds. The first-order valence-corrected chi connectivity index (χ1v) is 8.19. The maximum atomic E-state index is 13.3. The van der Waals surface area contributed by atoms with Crippen molar-refractivity contribution in [3.05, 3.63) is 65.7 Å². The minimum absolute atomic E-state index is 0.0885. The number of H-pyrrole nitrogens is 1. The van der Waals surface area contributed by atoms with Crippen LogP contribution in [-0.2, 0) is 0 Å². The summed E-state index contributed by atoms with van der Waals surface area (Å²) < 4.78 is 13.3. The van der Waals surface area contributed by atoms with Gasteiger partial charge in [-0.25, -0.2) is 9.37 Å². The molecular weight excluding hydrogens is 305 g/mol. The van der Waals surface area contributed by atoms with Crippen LogP contribution in [0, 0.1) is 5.82 Å². The van der Waals surface area contributed by atoms with Crippen LogP contribution in [0.1, 0.15) is 34.7 Å². The van der Waals surface area contributed by atoms with E-state index in [-0.39, 0.29) is 11.7 Å². The first-order chi connectivity index (χ1) is 11.7. The molecule has 1 aliphatic heterocycles. The van der Waals surface area contributed by atoms with Crippen LogP contribution in [0.4, 0.5) is 4.39 Å². The molecule has 0 aliphatic carbocycles. The van der Waals surface area contributed by atoms with E-state index in [4.69, 9.17) is 0 Å². The van der Waals surface area contributed by atoms with Crippen molar-refractivity contribution in [1.82, 2.24) is 14.9 Å². The number of piperidine rings is 1. The molecule has 1 aliphatic rings. The zero-order chi connectivity index (χ0) is 16.5. The van der Waals surface area contributed by atoms with Gasteiger partial charge in [0.25, 0.3) is 5.91 Å². The van der Waals surface area contributed by atoms with Crippen LogP contribution in [0.5, 0.6) is 0 Å². The lowest BCUT2D eigenvalue weighted by atomic mass is 9.88. The number of halogens is 1. The Labute approximate surface area is 139 Å². The summed E-state index contributed by atoms with van der Waals surface area (Å²) in [5.41, 5.74) is 2.62. The number of aromatic nitrogens is 2. The van der Waals surface area contributed by atoms with Crippen molar-refractivity contribution in [3.63, 3.8) is 0 Å². The van der Waals surface area contributed by atoms with Crippen molar-refractivity contribution in [1.29, 1.82) is 0 Å². The second-order valence-electron chi connectivity index (χ2n) is 6.22. The number of likely N-dealkylation sites (tertiary alicyclic amines) is 1. The van der Waals surface area contributed by atoms with E-state index in [0.717, 1.165) is 23.9 Å². The number of rotatable bonds is 2. The van der Waals surface area contributed by atoms with Gasteiger partial charge < -0.3 is 9.88 Å². The van der Waals surface area contributed by atoms with Crippen LogP contribution in [0.25, 0.3) is 11.0 Å². The smallest absolute Gasteiger partial charge is 0.253 e. The zero-order valence-corrected chi connectivity index (χ0v) is 13.2. The molecule has 0 bridgehead atoms. The first kappa shape index (κ1) is 14.9. The molecule has 4 rings (SSSR count). The maximum absolute atomic E-state index is 13.3. The number of nitrogens with zero attached hydrogens (tertiary/aromatic N) is 2. The van der Waals surface area contributed by atoms with Gasteiger partial charge >= 0.3 is 0 Å². The SMILES string of the molecule is O=C(c1cccc(F)c1)N1CCC(c2ccnc3[nH]ccc23)CC1. The molecule has 0 spiro atoms. The summed E-state index contributed by atoms with van der Waals surface area (Å²) in [5.74, 6) is -0.0419. The Hall–Kier alpha value is -2.69. The Balaban J connectivity index is 1.49. The summed E-state index contributed by atoms with van der Waals surface area (Å²) in [6.07, 6.45) is 5.55. The van der Waals surface area contributed by atoms with Gasteiger partial charge in [0, 0.05) is 36.4 Å². The number of amides is 1. The highest BCUT2D eigenvalue weighted by Gasteiger charge is 2.25. The Bertz CT molecular complexity index is 881. The number of carbonyl (C=O) groups is 1. The van der Waals surface area contributed by atoms with E-state index in [2.05, 4.69) is 22.1 Å². The van der Waals surface area contributed by atoms with Gasteiger partial charge in [0.05, 0.1) is 0 Å². The molecule has 122 valence electrons. The summed E-state index contributed by atoms with van der Waals surface area (Å²) >= 11 is 0. The number of carbonyl (C=O) groups excluding carboxylic acids is 1. The number of aromatic amines is 1. The van der Waals surface area contributed by atoms with Gasteiger partial charge in [-0.3, -0.25) is 4.79 Å². The lowest BCUT2D eigenvalue weighted by molar-refractivity contribution is 0.0713. The summed E-state index contributed by atoms with van der Waals surface area (Å²) in [6, 6.07) is 10.0. The van der Waals surface area contributed by atoms with Crippen LogP contribution in [0.3, 0.4) is 0 Å². The number of benzene rings is 1. The molecule has 3 aromatic rings. The number of pyridine rings is 1. The number of hydrogen-bond donors (Lipinski definition) is 1. The average molecular weight is 323 g/mol. The van der Waals surface area contributed by atoms with Crippen molar-refractivity contribution in [2.45, 2.75) is 18.8 Å². The quantitative estimate of drug-likeness (QED) is 0.781. The van der Waals surface area contributed by atoms with Crippen molar-refractivity contribution >= 4 is 16.9 Å². The topological polar surface area (TPSA) is 49.0 Å². The van der Waals surface area contributed by atoms with Gasteiger partial charge in [0.15, 0.2) is 0 Å². The molecular formula is C19H18FN3O. The third kappa shape index (κ3) is 2.66. The van der Waals surface area contributed by atoms with Crippen LogP contribution < -0.4 is 0 Å². The van der Waals surface area contributed by atoms with Gasteiger partial charge in [0.2, 0.25) is 0 Å². The fourth-order valence-electron chi connectivity index (χ4n) is 3.54. The minimum atomic E-state index is -0.373. The monoisotopic (exact) mass is 323 g/mol. The second kappa shape index (κ2) is 6.07. The molecule has 1 saturated heterocycles. The zero-order valence-electron chi connectivity index (χ0n) is 13.2. The van der Waals surface area contributed by atoms with E-state index in [1.165, 1.54) is 17.7 Å². The largest absolute Gasteiger partial charge is 0.346 e. The summed E-state index contributed by atoms with van der Waals surface area (Å²) in [4.78, 5) is 21.8. The molecule has 1 N–H and O–H groups in total. The van der Waals surface area contributed by atoms with Crippen LogP contribution in [0.15, 0.2) is 48.8 Å². The summed E-state index contributed by atoms with van der Waals surface area (Å²) in [6.45, 7) is 1.38. The third-order valence-corrected chi connectivity index (χ3v) is 4.79. The molecule has 2 aromatic heterocycles. The standard InChI is InChI=1S/C19H18FN3O/c20-15-3-1-2-14(12-15)19(24)23-10-6-13(7-11-23)16-4-8-21-18-17(16)5-9-22-18/h1-5,8-9,12-13H,6-7,10-11H2,(H,21,22). The molecule has 4 nitrogen and oxygen atoms in total. The van der Waals surface area contributed by atoms with Gasteiger partial charge in [-0.15, -0.1) is 0 Å². The van der Waals surface area contributed by atoms with Gasteiger partial charge in [-0.2, -0.15) is 0 Å². The Morgan fingerprint density at radius 1 is 1.21 bits per heavy atom. The van der Waals surface area contributed by atoms with E-state index in [9.17, 15) is 9.18 Å². The van der Waals surface area contributed by atoms with Crippen molar-refractivity contribution < 1.29 is 9.18 Å². The molecule has 24 heavy (non-hydrogen) atoms. The molecule has 3 heterocycles. The minimum Gasteiger partial charge on any atom is -0.346 e. The van der Waals surface area contributed by atoms with E-state index >= 15 is 0 Å². The fourth-order valence-corrected chi connectivity index (χ4v) is 3.54. The highest BCUT2D eigenvalue weighted by atomic mass is 19.1. The Morgan fingerprint density at radius 2 is 2.04 bits per heavy atom. The molecule has 5 heteroatoms. The first-order valence-electron chi connectivity index (χ1n) is 8.19. The van der Waals surface area contributed by atoms with Gasteiger partial charge in [0.1, 0.15) is 11.5 Å². The van der Waals surface area contributed by atoms with E-state index < -0.39 is 0 Å². The van der Waals surface area contributed by atoms with Crippen LogP contribution >= 0.6 is 0 Å². The lowest BCUT2D eigenvalue weighted by Crippen LogP contribution is -2.38. The van der Waals surface area contributed by atoms with Gasteiger partial charge in [-0.05, 0) is 54.7 Å². The fraction of sp³-hybridized carbons (Fsp3) is 0.263. The van der Waals surface area contributed by atoms with E-state index in [1.807, 2.05) is 17.3 Å².